The van der Waals surface area contributed by atoms with E-state index in [1.165, 1.54) is 0 Å². The van der Waals surface area contributed by atoms with E-state index in [4.69, 9.17) is 4.74 Å². The number of carbonyl (C=O) groups excluding carboxylic acids is 2. The molecule has 1 unspecified atom stereocenters. The Bertz CT molecular complexity index is 513. The molecule has 2 amide bonds. The van der Waals surface area contributed by atoms with E-state index in [2.05, 4.69) is 22.5 Å². The van der Waals surface area contributed by atoms with Gasteiger partial charge in [0.05, 0.1) is 6.10 Å². The average Bonchev–Trinajstić information content (AvgIpc) is 3.06. The molecule has 2 N–H and O–H groups in total. The normalized spacial score (nSPS) is 17.2. The molecule has 6 nitrogen and oxygen atoms in total. The van der Waals surface area contributed by atoms with Crippen LogP contribution in [0.3, 0.4) is 0 Å². The number of nitrogens with one attached hydrogen (secondary N) is 2. The van der Waals surface area contributed by atoms with Crippen molar-refractivity contribution in [3.05, 3.63) is 29.6 Å². The van der Waals surface area contributed by atoms with E-state index in [-0.39, 0.29) is 29.3 Å². The molecule has 1 aromatic heterocycles. The highest BCUT2D eigenvalue weighted by Crippen LogP contribution is 2.10. The Morgan fingerprint density at radius 2 is 2.00 bits per heavy atom. The standard InChI is InChI=1S/C16H23N3O3/c1-2-3-9-17-15(20)13-7-4-8-14(19-13)16(21)18-11-12-6-5-10-22-12/h4,7-8,12H,2-3,5-6,9-11H2,1H3,(H,17,20)(H,18,21). The molecule has 0 radical (unpaired) electrons. The van der Waals surface area contributed by atoms with Crippen LogP contribution in [0.25, 0.3) is 0 Å². The summed E-state index contributed by atoms with van der Waals surface area (Å²) >= 11 is 0. The summed E-state index contributed by atoms with van der Waals surface area (Å²) < 4.78 is 5.46. The minimum Gasteiger partial charge on any atom is -0.376 e. The second-order valence-corrected chi connectivity index (χ2v) is 5.36. The molecule has 1 fully saturated rings. The predicted octanol–water partition coefficient (Wildman–Crippen LogP) is 1.52. The Balaban J connectivity index is 1.89. The summed E-state index contributed by atoms with van der Waals surface area (Å²) in [5, 5.41) is 5.59. The van der Waals surface area contributed by atoms with Gasteiger partial charge in [0.25, 0.3) is 11.8 Å². The van der Waals surface area contributed by atoms with Crippen molar-refractivity contribution in [2.75, 3.05) is 19.7 Å². The van der Waals surface area contributed by atoms with E-state index in [9.17, 15) is 9.59 Å². The van der Waals surface area contributed by atoms with Crippen LogP contribution in [0.1, 0.15) is 53.6 Å². The Hall–Kier alpha value is -1.95. The minimum absolute atomic E-state index is 0.0875. The third kappa shape index (κ3) is 4.80. The van der Waals surface area contributed by atoms with E-state index in [0.29, 0.717) is 13.1 Å². The van der Waals surface area contributed by atoms with E-state index in [1.54, 1.807) is 18.2 Å². The summed E-state index contributed by atoms with van der Waals surface area (Å²) in [5.41, 5.74) is 0.516. The van der Waals surface area contributed by atoms with Crippen LogP contribution in [0.15, 0.2) is 18.2 Å². The van der Waals surface area contributed by atoms with E-state index < -0.39 is 0 Å². The van der Waals surface area contributed by atoms with Crippen LogP contribution in [0.2, 0.25) is 0 Å². The predicted molar refractivity (Wildman–Crippen MR) is 82.8 cm³/mol. The van der Waals surface area contributed by atoms with Crippen molar-refractivity contribution >= 4 is 11.8 Å². The maximum absolute atomic E-state index is 12.1. The van der Waals surface area contributed by atoms with Gasteiger partial charge in [-0.3, -0.25) is 9.59 Å². The fourth-order valence-electron chi connectivity index (χ4n) is 2.26. The fourth-order valence-corrected chi connectivity index (χ4v) is 2.26. The molecule has 1 saturated heterocycles. The summed E-state index contributed by atoms with van der Waals surface area (Å²) in [4.78, 5) is 28.1. The van der Waals surface area contributed by atoms with Gasteiger partial charge in [0.2, 0.25) is 0 Å². The zero-order chi connectivity index (χ0) is 15.8. The quantitative estimate of drug-likeness (QED) is 0.749. The van der Waals surface area contributed by atoms with Crippen LogP contribution >= 0.6 is 0 Å². The van der Waals surface area contributed by atoms with Gasteiger partial charge in [-0.05, 0) is 31.4 Å². The maximum atomic E-state index is 12.1. The van der Waals surface area contributed by atoms with Crippen molar-refractivity contribution < 1.29 is 14.3 Å². The van der Waals surface area contributed by atoms with Crippen molar-refractivity contribution in [1.82, 2.24) is 15.6 Å². The molecule has 1 aromatic rings. The lowest BCUT2D eigenvalue weighted by Crippen LogP contribution is -2.33. The van der Waals surface area contributed by atoms with E-state index in [1.807, 2.05) is 0 Å². The molecule has 0 aliphatic carbocycles. The minimum atomic E-state index is -0.279. The highest BCUT2D eigenvalue weighted by Gasteiger charge is 2.17. The van der Waals surface area contributed by atoms with Gasteiger partial charge in [0, 0.05) is 19.7 Å². The monoisotopic (exact) mass is 305 g/mol. The summed E-state index contributed by atoms with van der Waals surface area (Å²) in [6, 6.07) is 4.88. The molecule has 2 rings (SSSR count). The third-order valence-electron chi connectivity index (χ3n) is 3.54. The largest absolute Gasteiger partial charge is 0.376 e. The first-order chi connectivity index (χ1) is 10.7. The van der Waals surface area contributed by atoms with Crippen LogP contribution in [0, 0.1) is 0 Å². The highest BCUT2D eigenvalue weighted by atomic mass is 16.5. The number of hydrogen-bond donors (Lipinski definition) is 2. The van der Waals surface area contributed by atoms with Crippen molar-refractivity contribution in [3.8, 4) is 0 Å². The third-order valence-corrected chi connectivity index (χ3v) is 3.54. The Labute approximate surface area is 130 Å². The molecule has 2 heterocycles. The van der Waals surface area contributed by atoms with Gasteiger partial charge in [-0.2, -0.15) is 0 Å². The number of nitrogens with zero attached hydrogens (tertiary/aromatic N) is 1. The maximum Gasteiger partial charge on any atom is 0.269 e. The molecule has 0 spiro atoms. The lowest BCUT2D eigenvalue weighted by Gasteiger charge is -2.11. The molecule has 1 aliphatic rings. The molecule has 0 bridgehead atoms. The van der Waals surface area contributed by atoms with Gasteiger partial charge >= 0.3 is 0 Å². The number of rotatable bonds is 7. The Morgan fingerprint density at radius 1 is 1.27 bits per heavy atom. The summed E-state index contributed by atoms with van der Waals surface area (Å²) in [5.74, 6) is -0.527. The van der Waals surface area contributed by atoms with Crippen molar-refractivity contribution in [3.63, 3.8) is 0 Å². The highest BCUT2D eigenvalue weighted by molar-refractivity contribution is 5.96. The molecule has 1 atom stereocenters. The van der Waals surface area contributed by atoms with Gasteiger partial charge in [0.1, 0.15) is 11.4 Å². The SMILES string of the molecule is CCCCNC(=O)c1cccc(C(=O)NCC2CCCO2)n1. The molecule has 0 aromatic carbocycles. The van der Waals surface area contributed by atoms with Gasteiger partial charge in [-0.1, -0.05) is 19.4 Å². The second kappa shape index (κ2) is 8.48. The number of ether oxygens (including phenoxy) is 1. The van der Waals surface area contributed by atoms with Crippen LogP contribution in [0.5, 0.6) is 0 Å². The van der Waals surface area contributed by atoms with Crippen LogP contribution < -0.4 is 10.6 Å². The van der Waals surface area contributed by atoms with Crippen molar-refractivity contribution in [2.45, 2.75) is 38.7 Å². The first-order valence-electron chi connectivity index (χ1n) is 7.85. The van der Waals surface area contributed by atoms with Gasteiger partial charge in [-0.25, -0.2) is 4.98 Å². The topological polar surface area (TPSA) is 80.3 Å². The zero-order valence-electron chi connectivity index (χ0n) is 12.9. The molecule has 0 saturated carbocycles. The van der Waals surface area contributed by atoms with E-state index >= 15 is 0 Å². The fraction of sp³-hybridized carbons (Fsp3) is 0.562. The molecule has 22 heavy (non-hydrogen) atoms. The number of amides is 2. The van der Waals surface area contributed by atoms with Crippen LogP contribution in [0.4, 0.5) is 0 Å². The second-order valence-electron chi connectivity index (χ2n) is 5.36. The molecular weight excluding hydrogens is 282 g/mol. The zero-order valence-corrected chi connectivity index (χ0v) is 12.9. The molecule has 120 valence electrons. The molecule has 6 heteroatoms. The lowest BCUT2D eigenvalue weighted by atomic mass is 10.2. The average molecular weight is 305 g/mol. The Morgan fingerprint density at radius 3 is 2.64 bits per heavy atom. The number of hydrogen-bond acceptors (Lipinski definition) is 4. The van der Waals surface area contributed by atoms with Crippen LogP contribution in [-0.2, 0) is 4.74 Å². The molecular formula is C16H23N3O3. The number of pyridine rings is 1. The summed E-state index contributed by atoms with van der Waals surface area (Å²) in [6.45, 7) is 3.91. The first-order valence-corrected chi connectivity index (χ1v) is 7.85. The van der Waals surface area contributed by atoms with Gasteiger partial charge < -0.3 is 15.4 Å². The van der Waals surface area contributed by atoms with Crippen molar-refractivity contribution in [2.24, 2.45) is 0 Å². The van der Waals surface area contributed by atoms with Crippen molar-refractivity contribution in [1.29, 1.82) is 0 Å². The number of aromatic nitrogens is 1. The van der Waals surface area contributed by atoms with Crippen LogP contribution in [-0.4, -0.2) is 42.6 Å². The molecule has 1 aliphatic heterocycles. The van der Waals surface area contributed by atoms with Gasteiger partial charge in [-0.15, -0.1) is 0 Å². The summed E-state index contributed by atoms with van der Waals surface area (Å²) in [7, 11) is 0. The summed E-state index contributed by atoms with van der Waals surface area (Å²) in [6.07, 6.45) is 4.02. The Kier molecular flexibility index (Phi) is 6.33. The number of unbranched alkanes of at least 4 members (excludes halogenated alkanes) is 1. The smallest absolute Gasteiger partial charge is 0.269 e. The first kappa shape index (κ1) is 16.4. The number of carbonyl (C=O) groups is 2. The lowest BCUT2D eigenvalue weighted by molar-refractivity contribution is 0.0853. The van der Waals surface area contributed by atoms with Gasteiger partial charge in [0.15, 0.2) is 0 Å². The van der Waals surface area contributed by atoms with E-state index in [0.717, 1.165) is 32.3 Å².